The molecule has 0 fully saturated rings. The maximum absolute atomic E-state index is 11.8. The van der Waals surface area contributed by atoms with Crippen LogP contribution >= 0.6 is 11.3 Å². The number of nitrogens with two attached hydrogens (primary N) is 1. The van der Waals surface area contributed by atoms with Crippen molar-refractivity contribution in [2.24, 2.45) is 5.73 Å². The Morgan fingerprint density at radius 3 is 2.82 bits per heavy atom. The number of alkyl halides is 3. The van der Waals surface area contributed by atoms with Crippen LogP contribution in [-0.4, -0.2) is 30.4 Å². The molecule has 1 atom stereocenters. The highest BCUT2D eigenvalue weighted by molar-refractivity contribution is 7.09. The van der Waals surface area contributed by atoms with Crippen molar-refractivity contribution in [2.45, 2.75) is 32.0 Å². The number of ether oxygens (including phenoxy) is 1. The Labute approximate surface area is 102 Å². The lowest BCUT2D eigenvalue weighted by molar-refractivity contribution is -0.173. The van der Waals surface area contributed by atoms with Crippen LogP contribution in [0, 0.1) is 0 Å². The largest absolute Gasteiger partial charge is 0.411 e. The van der Waals surface area contributed by atoms with Gasteiger partial charge >= 0.3 is 6.18 Å². The van der Waals surface area contributed by atoms with E-state index >= 15 is 0 Å². The lowest BCUT2D eigenvalue weighted by Gasteiger charge is -2.06. The minimum absolute atomic E-state index is 0.0324. The van der Waals surface area contributed by atoms with Crippen LogP contribution in [0.15, 0.2) is 5.38 Å². The van der Waals surface area contributed by atoms with Crippen molar-refractivity contribution in [1.29, 1.82) is 0 Å². The molecule has 1 rings (SSSR count). The highest BCUT2D eigenvalue weighted by atomic mass is 32.1. The zero-order valence-corrected chi connectivity index (χ0v) is 10.3. The molecule has 0 bridgehead atoms. The number of nitrogens with zero attached hydrogens (tertiary/aromatic N) is 1. The molecule has 0 radical (unpaired) electrons. The molecule has 1 aromatic heterocycles. The molecule has 0 aromatic carbocycles. The van der Waals surface area contributed by atoms with Crippen molar-refractivity contribution in [2.75, 3.05) is 13.2 Å². The molecule has 1 heterocycles. The fourth-order valence-electron chi connectivity index (χ4n) is 1.23. The average molecular weight is 268 g/mol. The summed E-state index contributed by atoms with van der Waals surface area (Å²) in [7, 11) is 0. The van der Waals surface area contributed by atoms with Crippen LogP contribution < -0.4 is 5.73 Å². The lowest BCUT2D eigenvalue weighted by atomic mass is 10.2. The molecule has 3 nitrogen and oxygen atoms in total. The Kier molecular flexibility index (Phi) is 5.35. The van der Waals surface area contributed by atoms with Gasteiger partial charge in [0.15, 0.2) is 0 Å². The second kappa shape index (κ2) is 6.32. The molecule has 17 heavy (non-hydrogen) atoms. The van der Waals surface area contributed by atoms with Gasteiger partial charge in [-0.1, -0.05) is 0 Å². The molecule has 0 spiro atoms. The van der Waals surface area contributed by atoms with Crippen molar-refractivity contribution in [3.8, 4) is 0 Å². The fraction of sp³-hybridized carbons (Fsp3) is 0.700. The summed E-state index contributed by atoms with van der Waals surface area (Å²) in [5.41, 5.74) is 6.50. The first-order valence-corrected chi connectivity index (χ1v) is 6.08. The summed E-state index contributed by atoms with van der Waals surface area (Å²) in [6.07, 6.45) is -3.18. The molecule has 0 aliphatic carbocycles. The van der Waals surface area contributed by atoms with Crippen molar-refractivity contribution < 1.29 is 17.9 Å². The second-order valence-electron chi connectivity index (χ2n) is 3.83. The summed E-state index contributed by atoms with van der Waals surface area (Å²) in [5.74, 6) is 0. The highest BCUT2D eigenvalue weighted by Gasteiger charge is 2.27. The van der Waals surface area contributed by atoms with Gasteiger partial charge in [0.2, 0.25) is 0 Å². The first-order chi connectivity index (χ1) is 7.87. The molecule has 2 N–H and O–H groups in total. The van der Waals surface area contributed by atoms with Gasteiger partial charge < -0.3 is 10.5 Å². The third-order valence-corrected chi connectivity index (χ3v) is 2.81. The van der Waals surface area contributed by atoms with Crippen molar-refractivity contribution in [1.82, 2.24) is 4.98 Å². The molecule has 0 saturated carbocycles. The van der Waals surface area contributed by atoms with Gasteiger partial charge in [-0.05, 0) is 6.92 Å². The number of thiazole rings is 1. The molecule has 0 aliphatic heterocycles. The minimum atomic E-state index is -4.26. The molecule has 7 heteroatoms. The van der Waals surface area contributed by atoms with Crippen LogP contribution in [0.3, 0.4) is 0 Å². The van der Waals surface area contributed by atoms with Gasteiger partial charge in [-0.15, -0.1) is 11.3 Å². The van der Waals surface area contributed by atoms with E-state index in [4.69, 9.17) is 5.73 Å². The van der Waals surface area contributed by atoms with E-state index in [2.05, 4.69) is 9.72 Å². The summed E-state index contributed by atoms with van der Waals surface area (Å²) in [5, 5.41) is 2.66. The molecular formula is C10H15F3N2OS. The van der Waals surface area contributed by atoms with Crippen LogP contribution in [0.5, 0.6) is 0 Å². The summed E-state index contributed by atoms with van der Waals surface area (Å²) in [4.78, 5) is 4.26. The molecule has 98 valence electrons. The first-order valence-electron chi connectivity index (χ1n) is 5.20. The Hall–Kier alpha value is -0.660. The highest BCUT2D eigenvalue weighted by Crippen LogP contribution is 2.15. The van der Waals surface area contributed by atoms with Crippen LogP contribution in [-0.2, 0) is 17.6 Å². The van der Waals surface area contributed by atoms with E-state index in [1.54, 1.807) is 0 Å². The second-order valence-corrected chi connectivity index (χ2v) is 4.77. The molecule has 1 aromatic rings. The Bertz CT molecular complexity index is 339. The number of aromatic nitrogens is 1. The molecular weight excluding hydrogens is 253 g/mol. The van der Waals surface area contributed by atoms with Gasteiger partial charge in [-0.3, -0.25) is 0 Å². The summed E-state index contributed by atoms with van der Waals surface area (Å²) in [6, 6.07) is 0.0337. The standard InChI is InChI=1S/C10H15F3N2OS/c1-7(14)4-8-5-17-9(15-8)2-3-16-6-10(11,12)13/h5,7H,2-4,6,14H2,1H3. The van der Waals surface area contributed by atoms with Crippen molar-refractivity contribution >= 4 is 11.3 Å². The van der Waals surface area contributed by atoms with Crippen LogP contribution in [0.25, 0.3) is 0 Å². The van der Waals surface area contributed by atoms with Crippen LogP contribution in [0.1, 0.15) is 17.6 Å². The van der Waals surface area contributed by atoms with E-state index in [0.717, 1.165) is 10.7 Å². The van der Waals surface area contributed by atoms with Crippen molar-refractivity contribution in [3.05, 3.63) is 16.1 Å². The monoisotopic (exact) mass is 268 g/mol. The predicted molar refractivity (Wildman–Crippen MR) is 60.0 cm³/mol. The van der Waals surface area contributed by atoms with Gasteiger partial charge in [0.25, 0.3) is 0 Å². The van der Waals surface area contributed by atoms with Gasteiger partial charge in [-0.2, -0.15) is 13.2 Å². The molecule has 1 unspecified atom stereocenters. The number of hydrogen-bond acceptors (Lipinski definition) is 4. The Morgan fingerprint density at radius 1 is 1.53 bits per heavy atom. The van der Waals surface area contributed by atoms with E-state index in [1.165, 1.54) is 11.3 Å². The zero-order valence-electron chi connectivity index (χ0n) is 9.46. The Balaban J connectivity index is 2.25. The quantitative estimate of drug-likeness (QED) is 0.804. The summed E-state index contributed by atoms with van der Waals surface area (Å²) < 4.78 is 39.8. The van der Waals surface area contributed by atoms with Gasteiger partial charge in [0.1, 0.15) is 6.61 Å². The van der Waals surface area contributed by atoms with Crippen molar-refractivity contribution in [3.63, 3.8) is 0 Å². The Morgan fingerprint density at radius 2 is 2.24 bits per heavy atom. The van der Waals surface area contributed by atoms with E-state index < -0.39 is 12.8 Å². The normalized spacial score (nSPS) is 13.9. The number of rotatable bonds is 6. The van der Waals surface area contributed by atoms with E-state index in [1.807, 2.05) is 12.3 Å². The average Bonchev–Trinajstić information content (AvgIpc) is 2.58. The number of halogens is 3. The maximum Gasteiger partial charge on any atom is 0.411 e. The zero-order chi connectivity index (χ0) is 12.9. The third kappa shape index (κ3) is 6.60. The lowest BCUT2D eigenvalue weighted by Crippen LogP contribution is -2.18. The van der Waals surface area contributed by atoms with Crippen LogP contribution in [0.4, 0.5) is 13.2 Å². The van der Waals surface area contributed by atoms with Gasteiger partial charge in [0, 0.05) is 24.3 Å². The summed E-state index contributed by atoms with van der Waals surface area (Å²) in [6.45, 7) is 0.709. The van der Waals surface area contributed by atoms with E-state index in [9.17, 15) is 13.2 Å². The van der Waals surface area contributed by atoms with E-state index in [0.29, 0.717) is 12.8 Å². The number of hydrogen-bond donors (Lipinski definition) is 1. The molecule has 0 saturated heterocycles. The fourth-order valence-corrected chi connectivity index (χ4v) is 2.03. The minimum Gasteiger partial charge on any atom is -0.372 e. The third-order valence-electron chi connectivity index (χ3n) is 1.86. The predicted octanol–water partition coefficient (Wildman–Crippen LogP) is 2.15. The smallest absolute Gasteiger partial charge is 0.372 e. The van der Waals surface area contributed by atoms with Gasteiger partial charge in [-0.25, -0.2) is 4.98 Å². The molecule has 0 aliphatic rings. The first kappa shape index (κ1) is 14.4. The summed E-state index contributed by atoms with van der Waals surface area (Å²) >= 11 is 1.42. The van der Waals surface area contributed by atoms with E-state index in [-0.39, 0.29) is 12.6 Å². The van der Waals surface area contributed by atoms with Gasteiger partial charge in [0.05, 0.1) is 17.3 Å². The molecule has 0 amide bonds. The SMILES string of the molecule is CC(N)Cc1csc(CCOCC(F)(F)F)n1. The maximum atomic E-state index is 11.8. The van der Waals surface area contributed by atoms with Crippen LogP contribution in [0.2, 0.25) is 0 Å². The topological polar surface area (TPSA) is 48.1 Å².